The zero-order valence-corrected chi connectivity index (χ0v) is 12.4. The van der Waals surface area contributed by atoms with Gasteiger partial charge in [0.2, 0.25) is 0 Å². The molecular formula is C13H24N4S. The first-order valence-electron chi connectivity index (χ1n) is 6.38. The van der Waals surface area contributed by atoms with E-state index in [0.29, 0.717) is 0 Å². The highest BCUT2D eigenvalue weighted by molar-refractivity contribution is 7.98. The van der Waals surface area contributed by atoms with Gasteiger partial charge < -0.3 is 15.2 Å². The van der Waals surface area contributed by atoms with Gasteiger partial charge in [-0.15, -0.1) is 0 Å². The maximum Gasteiger partial charge on any atom is 0.191 e. The van der Waals surface area contributed by atoms with Crippen molar-refractivity contribution in [2.45, 2.75) is 19.9 Å². The number of rotatable bonds is 7. The van der Waals surface area contributed by atoms with Gasteiger partial charge >= 0.3 is 0 Å². The highest BCUT2D eigenvalue weighted by Crippen LogP contribution is 2.01. The molecule has 0 radical (unpaired) electrons. The maximum absolute atomic E-state index is 4.57. The van der Waals surface area contributed by atoms with E-state index in [4.69, 9.17) is 0 Å². The molecule has 1 aromatic heterocycles. The molecule has 2 N–H and O–H groups in total. The number of guanidine groups is 1. The summed E-state index contributed by atoms with van der Waals surface area (Å²) >= 11 is 1.88. The lowest BCUT2D eigenvalue weighted by Gasteiger charge is -2.10. The number of nitrogens with zero attached hydrogens (tertiary/aromatic N) is 2. The SMILES string of the molecule is CCNC(=NCc1ccn(C)c1)NCCCSC. The topological polar surface area (TPSA) is 41.4 Å². The monoisotopic (exact) mass is 268 g/mol. The molecule has 18 heavy (non-hydrogen) atoms. The van der Waals surface area contributed by atoms with Crippen LogP contribution in [0.4, 0.5) is 0 Å². The van der Waals surface area contributed by atoms with Crippen molar-refractivity contribution in [2.75, 3.05) is 25.1 Å². The largest absolute Gasteiger partial charge is 0.357 e. The molecule has 0 aliphatic carbocycles. The molecule has 0 atom stereocenters. The lowest BCUT2D eigenvalue weighted by molar-refractivity contribution is 0.789. The van der Waals surface area contributed by atoms with E-state index in [2.05, 4.69) is 41.1 Å². The Hall–Kier alpha value is -1.10. The summed E-state index contributed by atoms with van der Waals surface area (Å²) in [5.74, 6) is 2.09. The Morgan fingerprint density at radius 1 is 1.44 bits per heavy atom. The van der Waals surface area contributed by atoms with Crippen LogP contribution in [0.5, 0.6) is 0 Å². The molecule has 102 valence electrons. The molecule has 4 nitrogen and oxygen atoms in total. The van der Waals surface area contributed by atoms with Gasteiger partial charge in [0.1, 0.15) is 0 Å². The molecule has 1 heterocycles. The van der Waals surface area contributed by atoms with Crippen LogP contribution in [0.3, 0.4) is 0 Å². The average molecular weight is 268 g/mol. The number of aliphatic imine (C=N–C) groups is 1. The van der Waals surface area contributed by atoms with Gasteiger partial charge in [0, 0.05) is 32.5 Å². The van der Waals surface area contributed by atoms with Crippen LogP contribution in [0, 0.1) is 0 Å². The smallest absolute Gasteiger partial charge is 0.191 e. The summed E-state index contributed by atoms with van der Waals surface area (Å²) in [4.78, 5) is 4.57. The first-order valence-corrected chi connectivity index (χ1v) is 7.77. The average Bonchev–Trinajstić information content (AvgIpc) is 2.77. The summed E-state index contributed by atoms with van der Waals surface area (Å²) < 4.78 is 2.05. The first kappa shape index (κ1) is 15.0. The highest BCUT2D eigenvalue weighted by Gasteiger charge is 1.97. The predicted octanol–water partition coefficient (Wildman–Crippen LogP) is 1.83. The van der Waals surface area contributed by atoms with Crippen LogP contribution in [-0.2, 0) is 13.6 Å². The minimum Gasteiger partial charge on any atom is -0.357 e. The molecule has 0 saturated heterocycles. The van der Waals surface area contributed by atoms with Crippen LogP contribution in [-0.4, -0.2) is 35.6 Å². The van der Waals surface area contributed by atoms with Crippen molar-refractivity contribution in [2.24, 2.45) is 12.0 Å². The molecule has 0 spiro atoms. The van der Waals surface area contributed by atoms with Crippen molar-refractivity contribution in [1.29, 1.82) is 0 Å². The second kappa shape index (κ2) is 8.91. The first-order chi connectivity index (χ1) is 8.76. The van der Waals surface area contributed by atoms with Crippen LogP contribution < -0.4 is 10.6 Å². The summed E-state index contributed by atoms with van der Waals surface area (Å²) in [5, 5.41) is 6.61. The molecule has 0 fully saturated rings. The standard InChI is InChI=1S/C13H24N4S/c1-4-14-13(15-7-5-9-18-3)16-10-12-6-8-17(2)11-12/h6,8,11H,4-5,7,9-10H2,1-3H3,(H2,14,15,16). The number of aromatic nitrogens is 1. The Morgan fingerprint density at radius 2 is 2.28 bits per heavy atom. The van der Waals surface area contributed by atoms with E-state index in [0.717, 1.165) is 32.0 Å². The summed E-state index contributed by atoms with van der Waals surface area (Å²) in [6, 6.07) is 2.10. The van der Waals surface area contributed by atoms with Gasteiger partial charge in [0.15, 0.2) is 5.96 Å². The molecule has 0 aromatic carbocycles. The molecule has 0 saturated carbocycles. The summed E-state index contributed by atoms with van der Waals surface area (Å²) in [7, 11) is 2.03. The van der Waals surface area contributed by atoms with Crippen LogP contribution in [0.2, 0.25) is 0 Å². The van der Waals surface area contributed by atoms with Crippen molar-refractivity contribution in [3.63, 3.8) is 0 Å². The van der Waals surface area contributed by atoms with E-state index in [-0.39, 0.29) is 0 Å². The zero-order valence-electron chi connectivity index (χ0n) is 11.6. The van der Waals surface area contributed by atoms with E-state index in [1.165, 1.54) is 11.3 Å². The summed E-state index contributed by atoms with van der Waals surface area (Å²) in [6.07, 6.45) is 7.44. The van der Waals surface area contributed by atoms with Crippen LogP contribution >= 0.6 is 11.8 Å². The second-order valence-corrected chi connectivity index (χ2v) is 5.14. The van der Waals surface area contributed by atoms with Crippen molar-refractivity contribution in [3.8, 4) is 0 Å². The fraction of sp³-hybridized carbons (Fsp3) is 0.615. The molecule has 1 aromatic rings. The third-order valence-corrected chi connectivity index (χ3v) is 3.17. The van der Waals surface area contributed by atoms with E-state index < -0.39 is 0 Å². The van der Waals surface area contributed by atoms with Gasteiger partial charge in [0.25, 0.3) is 0 Å². The maximum atomic E-state index is 4.57. The Kier molecular flexibility index (Phi) is 7.41. The highest BCUT2D eigenvalue weighted by atomic mass is 32.2. The molecule has 5 heteroatoms. The fourth-order valence-corrected chi connectivity index (χ4v) is 2.02. The third kappa shape index (κ3) is 6.00. The molecule has 0 unspecified atom stereocenters. The van der Waals surface area contributed by atoms with Crippen LogP contribution in [0.25, 0.3) is 0 Å². The predicted molar refractivity (Wildman–Crippen MR) is 81.2 cm³/mol. The van der Waals surface area contributed by atoms with Crippen molar-refractivity contribution in [3.05, 3.63) is 24.0 Å². The Balaban J connectivity index is 2.39. The normalized spacial score (nSPS) is 11.6. The van der Waals surface area contributed by atoms with Gasteiger partial charge in [-0.1, -0.05) is 0 Å². The van der Waals surface area contributed by atoms with Crippen LogP contribution in [0.15, 0.2) is 23.5 Å². The van der Waals surface area contributed by atoms with Gasteiger partial charge in [-0.2, -0.15) is 11.8 Å². The minimum atomic E-state index is 0.721. The van der Waals surface area contributed by atoms with Crippen LogP contribution in [0.1, 0.15) is 18.9 Å². The van der Waals surface area contributed by atoms with Crippen molar-refractivity contribution in [1.82, 2.24) is 15.2 Å². The van der Waals surface area contributed by atoms with Gasteiger partial charge in [0.05, 0.1) is 6.54 Å². The molecule has 0 bridgehead atoms. The van der Waals surface area contributed by atoms with Crippen molar-refractivity contribution < 1.29 is 0 Å². The van der Waals surface area contributed by atoms with Gasteiger partial charge in [-0.05, 0) is 37.0 Å². The molecular weight excluding hydrogens is 244 g/mol. The molecule has 0 aliphatic rings. The van der Waals surface area contributed by atoms with E-state index in [1.54, 1.807) is 0 Å². The zero-order chi connectivity index (χ0) is 13.2. The lowest BCUT2D eigenvalue weighted by Crippen LogP contribution is -2.37. The second-order valence-electron chi connectivity index (χ2n) is 4.15. The molecule has 1 rings (SSSR count). The Labute approximate surface area is 114 Å². The van der Waals surface area contributed by atoms with E-state index in [9.17, 15) is 0 Å². The summed E-state index contributed by atoms with van der Waals surface area (Å²) in [5.41, 5.74) is 1.24. The lowest BCUT2D eigenvalue weighted by atomic mass is 10.3. The molecule has 0 amide bonds. The Bertz CT molecular complexity index is 360. The molecule has 0 aliphatic heterocycles. The van der Waals surface area contributed by atoms with E-state index in [1.807, 2.05) is 29.6 Å². The fourth-order valence-electron chi connectivity index (χ4n) is 1.59. The minimum absolute atomic E-state index is 0.721. The quantitative estimate of drug-likeness (QED) is 0.450. The van der Waals surface area contributed by atoms with E-state index >= 15 is 0 Å². The third-order valence-electron chi connectivity index (χ3n) is 2.47. The number of aryl methyl sites for hydroxylation is 1. The number of hydrogen-bond donors (Lipinski definition) is 2. The number of thioether (sulfide) groups is 1. The number of hydrogen-bond acceptors (Lipinski definition) is 2. The van der Waals surface area contributed by atoms with Gasteiger partial charge in [-0.25, -0.2) is 4.99 Å². The summed E-state index contributed by atoms with van der Waals surface area (Å²) in [6.45, 7) is 4.67. The number of nitrogens with one attached hydrogen (secondary N) is 2. The van der Waals surface area contributed by atoms with Gasteiger partial charge in [-0.3, -0.25) is 0 Å². The Morgan fingerprint density at radius 3 is 2.89 bits per heavy atom. The van der Waals surface area contributed by atoms with Crippen molar-refractivity contribution >= 4 is 17.7 Å².